The van der Waals surface area contributed by atoms with Crippen molar-refractivity contribution in [3.8, 4) is 28.5 Å². The molecular weight excluding hydrogens is 360 g/mol. The van der Waals surface area contributed by atoms with Crippen LogP contribution in [0.15, 0.2) is 91.3 Å². The Labute approximate surface area is 168 Å². The first-order chi connectivity index (χ1) is 14.3. The van der Waals surface area contributed by atoms with Gasteiger partial charge in [0.05, 0.1) is 5.69 Å². The standard InChI is InChI=1S/C24H18N4O/c29-24-20(15-17-9-3-1-4-10-17)27-23-22(18-11-5-2-6-12-18)26-21(16-28(23)24)19-13-7-8-14-25-19/h1-14,16,29H,15H2. The maximum Gasteiger partial charge on any atom is 0.219 e. The highest BCUT2D eigenvalue weighted by Crippen LogP contribution is 2.31. The van der Waals surface area contributed by atoms with Crippen LogP contribution in [-0.4, -0.2) is 24.5 Å². The first-order valence-electron chi connectivity index (χ1n) is 9.41. The molecule has 1 N–H and O–H groups in total. The zero-order chi connectivity index (χ0) is 19.6. The van der Waals surface area contributed by atoms with E-state index in [-0.39, 0.29) is 5.88 Å². The van der Waals surface area contributed by atoms with Crippen molar-refractivity contribution in [1.82, 2.24) is 19.4 Å². The molecule has 140 valence electrons. The molecule has 5 nitrogen and oxygen atoms in total. The highest BCUT2D eigenvalue weighted by molar-refractivity contribution is 5.77. The van der Waals surface area contributed by atoms with Crippen LogP contribution in [-0.2, 0) is 6.42 Å². The van der Waals surface area contributed by atoms with Gasteiger partial charge >= 0.3 is 0 Å². The van der Waals surface area contributed by atoms with Crippen LogP contribution >= 0.6 is 0 Å². The number of hydrogen-bond acceptors (Lipinski definition) is 4. The van der Waals surface area contributed by atoms with Crippen LogP contribution in [0.4, 0.5) is 0 Å². The molecule has 0 fully saturated rings. The Morgan fingerprint density at radius 1 is 0.759 bits per heavy atom. The number of nitrogens with zero attached hydrogens (tertiary/aromatic N) is 4. The van der Waals surface area contributed by atoms with Gasteiger partial charge < -0.3 is 5.11 Å². The van der Waals surface area contributed by atoms with Gasteiger partial charge in [0, 0.05) is 24.4 Å². The third-order valence-electron chi connectivity index (χ3n) is 4.84. The normalized spacial score (nSPS) is 11.0. The van der Waals surface area contributed by atoms with Gasteiger partial charge in [-0.3, -0.25) is 9.38 Å². The Hall–Kier alpha value is -3.99. The molecule has 0 aliphatic rings. The Kier molecular flexibility index (Phi) is 4.26. The minimum absolute atomic E-state index is 0.126. The summed E-state index contributed by atoms with van der Waals surface area (Å²) in [6.07, 6.45) is 4.07. The van der Waals surface area contributed by atoms with Gasteiger partial charge in [0.1, 0.15) is 17.1 Å². The van der Waals surface area contributed by atoms with Gasteiger partial charge in [-0.1, -0.05) is 66.7 Å². The molecule has 5 heteroatoms. The molecule has 5 aromatic rings. The van der Waals surface area contributed by atoms with Crippen LogP contribution in [0.1, 0.15) is 11.3 Å². The second-order valence-corrected chi connectivity index (χ2v) is 6.79. The first-order valence-corrected chi connectivity index (χ1v) is 9.41. The van der Waals surface area contributed by atoms with E-state index in [2.05, 4.69) is 4.98 Å². The van der Waals surface area contributed by atoms with Crippen LogP contribution in [0, 0.1) is 0 Å². The maximum atomic E-state index is 10.9. The monoisotopic (exact) mass is 378 g/mol. The Bertz CT molecular complexity index is 1270. The van der Waals surface area contributed by atoms with Gasteiger partial charge in [0.25, 0.3) is 0 Å². The fourth-order valence-electron chi connectivity index (χ4n) is 3.42. The van der Waals surface area contributed by atoms with E-state index < -0.39 is 0 Å². The van der Waals surface area contributed by atoms with Crippen LogP contribution in [0.3, 0.4) is 0 Å². The van der Waals surface area contributed by atoms with E-state index in [0.29, 0.717) is 29.1 Å². The second kappa shape index (κ2) is 7.20. The van der Waals surface area contributed by atoms with Crippen LogP contribution in [0.25, 0.3) is 28.3 Å². The molecule has 0 amide bonds. The lowest BCUT2D eigenvalue weighted by Crippen LogP contribution is -1.97. The fourth-order valence-corrected chi connectivity index (χ4v) is 3.42. The minimum atomic E-state index is 0.126. The molecule has 0 saturated heterocycles. The number of aromatic hydroxyl groups is 1. The number of pyridine rings is 1. The summed E-state index contributed by atoms with van der Waals surface area (Å²) < 4.78 is 1.71. The number of rotatable bonds is 4. The van der Waals surface area contributed by atoms with E-state index in [1.165, 1.54) is 0 Å². The van der Waals surface area contributed by atoms with Crippen molar-refractivity contribution in [2.45, 2.75) is 6.42 Å². The number of aromatic nitrogens is 4. The van der Waals surface area contributed by atoms with Crippen molar-refractivity contribution in [3.63, 3.8) is 0 Å². The predicted molar refractivity (Wildman–Crippen MR) is 113 cm³/mol. The summed E-state index contributed by atoms with van der Waals surface area (Å²) in [5, 5.41) is 10.9. The number of fused-ring (bicyclic) bond motifs is 1. The number of imidazole rings is 1. The molecule has 3 aromatic heterocycles. The number of hydrogen-bond donors (Lipinski definition) is 1. The lowest BCUT2D eigenvalue weighted by molar-refractivity contribution is 0.442. The van der Waals surface area contributed by atoms with Gasteiger partial charge in [0.15, 0.2) is 5.65 Å². The Morgan fingerprint density at radius 3 is 2.21 bits per heavy atom. The van der Waals surface area contributed by atoms with E-state index >= 15 is 0 Å². The molecular formula is C24H18N4O. The van der Waals surface area contributed by atoms with Gasteiger partial charge in [-0.25, -0.2) is 9.97 Å². The van der Waals surface area contributed by atoms with Crippen molar-refractivity contribution >= 4 is 5.65 Å². The highest BCUT2D eigenvalue weighted by atomic mass is 16.3. The lowest BCUT2D eigenvalue weighted by Gasteiger charge is -2.07. The summed E-state index contributed by atoms with van der Waals surface area (Å²) in [7, 11) is 0. The topological polar surface area (TPSA) is 63.3 Å². The summed E-state index contributed by atoms with van der Waals surface area (Å²) >= 11 is 0. The van der Waals surface area contributed by atoms with Crippen LogP contribution in [0.5, 0.6) is 5.88 Å². The van der Waals surface area contributed by atoms with E-state index in [9.17, 15) is 5.11 Å². The van der Waals surface area contributed by atoms with Gasteiger partial charge in [-0.05, 0) is 17.7 Å². The SMILES string of the molecule is Oc1c(Cc2ccccc2)nc2c(-c3ccccc3)nc(-c3ccccn3)cn12. The molecule has 3 heterocycles. The fraction of sp³-hybridized carbons (Fsp3) is 0.0417. The quantitative estimate of drug-likeness (QED) is 0.490. The molecule has 0 atom stereocenters. The van der Waals surface area contributed by atoms with Crippen molar-refractivity contribution in [2.24, 2.45) is 0 Å². The van der Waals surface area contributed by atoms with Gasteiger partial charge in [-0.2, -0.15) is 0 Å². The molecule has 2 aromatic carbocycles. The molecule has 0 aliphatic carbocycles. The molecule has 0 unspecified atom stereocenters. The summed E-state index contributed by atoms with van der Waals surface area (Å²) in [6.45, 7) is 0. The van der Waals surface area contributed by atoms with Crippen LogP contribution in [0.2, 0.25) is 0 Å². The molecule has 0 bridgehead atoms. The third kappa shape index (κ3) is 3.23. The minimum Gasteiger partial charge on any atom is -0.493 e. The smallest absolute Gasteiger partial charge is 0.219 e. The Balaban J connectivity index is 1.73. The summed E-state index contributed by atoms with van der Waals surface area (Å²) in [6, 6.07) is 25.6. The van der Waals surface area contributed by atoms with E-state index in [0.717, 1.165) is 16.8 Å². The van der Waals surface area contributed by atoms with Crippen molar-refractivity contribution in [1.29, 1.82) is 0 Å². The molecule has 0 aliphatic heterocycles. The largest absolute Gasteiger partial charge is 0.493 e. The maximum absolute atomic E-state index is 10.9. The van der Waals surface area contributed by atoms with E-state index in [1.807, 2.05) is 78.9 Å². The van der Waals surface area contributed by atoms with Crippen LogP contribution < -0.4 is 0 Å². The zero-order valence-corrected chi connectivity index (χ0v) is 15.6. The second-order valence-electron chi connectivity index (χ2n) is 6.79. The first kappa shape index (κ1) is 17.1. The summed E-state index contributed by atoms with van der Waals surface area (Å²) in [4.78, 5) is 14.0. The predicted octanol–water partition coefficient (Wildman–Crippen LogP) is 4.75. The van der Waals surface area contributed by atoms with Crippen molar-refractivity contribution in [2.75, 3.05) is 0 Å². The van der Waals surface area contributed by atoms with Gasteiger partial charge in [0.2, 0.25) is 5.88 Å². The zero-order valence-electron chi connectivity index (χ0n) is 15.6. The Morgan fingerprint density at radius 2 is 1.48 bits per heavy atom. The average molecular weight is 378 g/mol. The average Bonchev–Trinajstić information content (AvgIpc) is 3.10. The molecule has 0 saturated carbocycles. The number of benzene rings is 2. The summed E-state index contributed by atoms with van der Waals surface area (Å²) in [5.41, 5.74) is 5.40. The molecule has 5 rings (SSSR count). The highest BCUT2D eigenvalue weighted by Gasteiger charge is 2.18. The lowest BCUT2D eigenvalue weighted by atomic mass is 10.1. The molecule has 0 radical (unpaired) electrons. The van der Waals surface area contributed by atoms with Crippen molar-refractivity contribution < 1.29 is 5.11 Å². The van der Waals surface area contributed by atoms with Crippen molar-refractivity contribution in [3.05, 3.63) is 103 Å². The third-order valence-corrected chi connectivity index (χ3v) is 4.84. The van der Waals surface area contributed by atoms with E-state index in [1.54, 1.807) is 16.8 Å². The van der Waals surface area contributed by atoms with E-state index in [4.69, 9.17) is 9.97 Å². The molecule has 0 spiro atoms. The molecule has 29 heavy (non-hydrogen) atoms. The van der Waals surface area contributed by atoms with Gasteiger partial charge in [-0.15, -0.1) is 0 Å². The summed E-state index contributed by atoms with van der Waals surface area (Å²) in [5.74, 6) is 0.126.